The zero-order valence-corrected chi connectivity index (χ0v) is 20.9. The highest BCUT2D eigenvalue weighted by molar-refractivity contribution is 7.97. The van der Waals surface area contributed by atoms with E-state index in [-0.39, 0.29) is 5.56 Å². The molecule has 1 aromatic carbocycles. The average molecular weight is 454 g/mol. The number of aliphatic imine (C=N–C) groups is 1. The standard InChI is InChI=1S/C26H35N3O2S/c1-8-9-15-32-28-21(5)13-14-24(31-25-18(2)11-10-12-19(25)3)27-22(6)23-16-20(4)26(30)29(7)17-23/h10-13,16-17,28H,6,8-9,14-15H2,1-5,7H3/b21-13+,27-24?. The number of unbranched alkanes of at least 4 members (excludes halogenated alkanes) is 1. The van der Waals surface area contributed by atoms with Gasteiger partial charge in [-0.25, -0.2) is 4.99 Å². The molecule has 2 aromatic rings. The molecule has 5 nitrogen and oxygen atoms in total. The lowest BCUT2D eigenvalue weighted by molar-refractivity contribution is 0.531. The van der Waals surface area contributed by atoms with Crippen LogP contribution in [-0.2, 0) is 7.05 Å². The summed E-state index contributed by atoms with van der Waals surface area (Å²) in [4.78, 5) is 16.8. The van der Waals surface area contributed by atoms with Crippen molar-refractivity contribution in [3.63, 3.8) is 0 Å². The van der Waals surface area contributed by atoms with E-state index in [1.165, 1.54) is 12.8 Å². The van der Waals surface area contributed by atoms with Gasteiger partial charge in [0.1, 0.15) is 5.75 Å². The molecule has 0 atom stereocenters. The summed E-state index contributed by atoms with van der Waals surface area (Å²) in [7, 11) is 1.73. The minimum Gasteiger partial charge on any atom is -0.442 e. The van der Waals surface area contributed by atoms with Gasteiger partial charge in [-0.3, -0.25) is 4.79 Å². The molecule has 32 heavy (non-hydrogen) atoms. The Morgan fingerprint density at radius 1 is 1.25 bits per heavy atom. The Bertz CT molecular complexity index is 1020. The molecule has 0 amide bonds. The molecule has 0 spiro atoms. The Morgan fingerprint density at radius 3 is 2.56 bits per heavy atom. The molecule has 0 aliphatic heterocycles. The minimum atomic E-state index is -0.0252. The molecule has 1 aromatic heterocycles. The van der Waals surface area contributed by atoms with Crippen LogP contribution in [0.5, 0.6) is 5.75 Å². The quantitative estimate of drug-likeness (QED) is 0.205. The van der Waals surface area contributed by atoms with Crippen molar-refractivity contribution in [3.05, 3.63) is 81.4 Å². The first-order chi connectivity index (χ1) is 15.2. The summed E-state index contributed by atoms with van der Waals surface area (Å²) in [6.07, 6.45) is 6.72. The normalized spacial score (nSPS) is 12.1. The van der Waals surface area contributed by atoms with Gasteiger partial charge in [-0.15, -0.1) is 0 Å². The molecule has 6 heteroatoms. The maximum absolute atomic E-state index is 12.0. The molecule has 1 heterocycles. The third-order valence-corrected chi connectivity index (χ3v) is 5.96. The predicted molar refractivity (Wildman–Crippen MR) is 138 cm³/mol. The fourth-order valence-corrected chi connectivity index (χ4v) is 3.95. The summed E-state index contributed by atoms with van der Waals surface area (Å²) < 4.78 is 11.2. The monoisotopic (exact) mass is 453 g/mol. The van der Waals surface area contributed by atoms with Crippen molar-refractivity contribution in [3.8, 4) is 5.75 Å². The van der Waals surface area contributed by atoms with Gasteiger partial charge < -0.3 is 14.0 Å². The number of nitrogens with zero attached hydrogens (tertiary/aromatic N) is 2. The van der Waals surface area contributed by atoms with Crippen molar-refractivity contribution in [1.29, 1.82) is 0 Å². The fourth-order valence-electron chi connectivity index (χ4n) is 3.10. The Kier molecular flexibility index (Phi) is 9.85. The molecule has 0 aliphatic carbocycles. The molecular weight excluding hydrogens is 418 g/mol. The SMILES string of the molecule is C=C(N=C(C/C=C(\C)NSCCCC)Oc1c(C)cccc1C)c1cc(C)c(=O)n(C)c1. The van der Waals surface area contributed by atoms with Crippen LogP contribution in [-0.4, -0.2) is 16.2 Å². The van der Waals surface area contributed by atoms with Gasteiger partial charge in [0.15, 0.2) is 5.90 Å². The van der Waals surface area contributed by atoms with Crippen molar-refractivity contribution in [2.75, 3.05) is 5.75 Å². The van der Waals surface area contributed by atoms with Crippen LogP contribution in [0.3, 0.4) is 0 Å². The number of para-hydroxylation sites is 1. The first kappa shape index (κ1) is 25.5. The molecule has 0 saturated heterocycles. The number of allylic oxidation sites excluding steroid dienone is 1. The van der Waals surface area contributed by atoms with Crippen LogP contribution in [0.1, 0.15) is 55.4 Å². The number of nitrogens with one attached hydrogen (secondary N) is 1. The lowest BCUT2D eigenvalue weighted by Crippen LogP contribution is -2.19. The lowest BCUT2D eigenvalue weighted by Gasteiger charge is -2.14. The van der Waals surface area contributed by atoms with Crippen LogP contribution in [0.4, 0.5) is 0 Å². The van der Waals surface area contributed by atoms with Crippen molar-refractivity contribution in [1.82, 2.24) is 9.29 Å². The maximum atomic E-state index is 12.0. The highest BCUT2D eigenvalue weighted by atomic mass is 32.2. The van der Waals surface area contributed by atoms with Crippen molar-refractivity contribution < 1.29 is 4.74 Å². The second kappa shape index (κ2) is 12.3. The van der Waals surface area contributed by atoms with Gasteiger partial charge >= 0.3 is 0 Å². The number of hydrogen-bond donors (Lipinski definition) is 1. The van der Waals surface area contributed by atoms with Crippen LogP contribution >= 0.6 is 11.9 Å². The Balaban J connectivity index is 2.30. The van der Waals surface area contributed by atoms with Crippen LogP contribution in [0.15, 0.2) is 58.6 Å². The fraction of sp³-hybridized carbons (Fsp3) is 0.385. The molecule has 0 aliphatic rings. The lowest BCUT2D eigenvalue weighted by atomic mass is 10.1. The molecule has 0 saturated carbocycles. The van der Waals surface area contributed by atoms with Gasteiger partial charge in [0, 0.05) is 42.2 Å². The average Bonchev–Trinajstić information content (AvgIpc) is 2.75. The van der Waals surface area contributed by atoms with E-state index >= 15 is 0 Å². The molecule has 0 radical (unpaired) electrons. The number of aromatic nitrogens is 1. The van der Waals surface area contributed by atoms with Crippen LogP contribution < -0.4 is 15.0 Å². The van der Waals surface area contributed by atoms with E-state index in [2.05, 4.69) is 24.3 Å². The van der Waals surface area contributed by atoms with Gasteiger partial charge in [0.05, 0.1) is 5.70 Å². The summed E-state index contributed by atoms with van der Waals surface area (Å²) in [5.74, 6) is 2.44. The highest BCUT2D eigenvalue weighted by Gasteiger charge is 2.10. The van der Waals surface area contributed by atoms with E-state index < -0.39 is 0 Å². The summed E-state index contributed by atoms with van der Waals surface area (Å²) in [6.45, 7) is 14.2. The first-order valence-electron chi connectivity index (χ1n) is 11.0. The van der Waals surface area contributed by atoms with E-state index in [0.717, 1.165) is 33.9 Å². The first-order valence-corrected chi connectivity index (χ1v) is 11.9. The zero-order valence-electron chi connectivity index (χ0n) is 20.1. The van der Waals surface area contributed by atoms with Gasteiger partial charge in [-0.2, -0.15) is 0 Å². The van der Waals surface area contributed by atoms with Crippen molar-refractivity contribution in [2.45, 2.75) is 53.9 Å². The third-order valence-electron chi connectivity index (χ3n) is 5.00. The predicted octanol–water partition coefficient (Wildman–Crippen LogP) is 6.09. The smallest absolute Gasteiger partial charge is 0.253 e. The molecule has 172 valence electrons. The van der Waals surface area contributed by atoms with E-state index in [1.54, 1.807) is 36.7 Å². The van der Waals surface area contributed by atoms with Gasteiger partial charge in [-0.1, -0.05) is 56.1 Å². The third kappa shape index (κ3) is 7.45. The number of aryl methyl sites for hydroxylation is 4. The summed E-state index contributed by atoms with van der Waals surface area (Å²) in [5.41, 5.74) is 5.14. The largest absolute Gasteiger partial charge is 0.442 e. The molecule has 2 rings (SSSR count). The van der Waals surface area contributed by atoms with Crippen LogP contribution in [0.25, 0.3) is 5.70 Å². The molecule has 0 unspecified atom stereocenters. The van der Waals surface area contributed by atoms with E-state index in [0.29, 0.717) is 23.6 Å². The van der Waals surface area contributed by atoms with Crippen molar-refractivity contribution in [2.24, 2.45) is 12.0 Å². The summed E-state index contributed by atoms with van der Waals surface area (Å²) >= 11 is 1.71. The second-order valence-corrected chi connectivity index (χ2v) is 8.90. The topological polar surface area (TPSA) is 55.6 Å². The van der Waals surface area contributed by atoms with Crippen LogP contribution in [0.2, 0.25) is 0 Å². The summed E-state index contributed by atoms with van der Waals surface area (Å²) in [6, 6.07) is 7.89. The Hall–Kier alpha value is -2.73. The molecule has 1 N–H and O–H groups in total. The van der Waals surface area contributed by atoms with Gasteiger partial charge in [0.25, 0.3) is 5.56 Å². The second-order valence-electron chi connectivity index (χ2n) is 8.00. The minimum absolute atomic E-state index is 0.0252. The number of benzene rings is 1. The van der Waals surface area contributed by atoms with Crippen LogP contribution in [0, 0.1) is 20.8 Å². The molecule has 0 fully saturated rings. The number of pyridine rings is 1. The van der Waals surface area contributed by atoms with Gasteiger partial charge in [-0.05, 0) is 51.3 Å². The maximum Gasteiger partial charge on any atom is 0.253 e. The Morgan fingerprint density at radius 2 is 1.94 bits per heavy atom. The molecular formula is C26H35N3O2S. The number of ether oxygens (including phenoxy) is 1. The zero-order chi connectivity index (χ0) is 23.7. The van der Waals surface area contributed by atoms with Crippen molar-refractivity contribution >= 4 is 23.5 Å². The van der Waals surface area contributed by atoms with Gasteiger partial charge in [0.2, 0.25) is 0 Å². The highest BCUT2D eigenvalue weighted by Crippen LogP contribution is 2.24. The number of rotatable bonds is 10. The summed E-state index contributed by atoms with van der Waals surface area (Å²) in [5, 5.41) is 0. The van der Waals surface area contributed by atoms with E-state index in [1.807, 2.05) is 45.0 Å². The van der Waals surface area contributed by atoms with E-state index in [9.17, 15) is 4.79 Å². The Labute approximate surface area is 196 Å². The molecule has 0 bridgehead atoms. The van der Waals surface area contributed by atoms with E-state index in [4.69, 9.17) is 9.73 Å². The number of hydrogen-bond acceptors (Lipinski definition) is 5.